The molecular weight excluding hydrogens is 317 g/mol. The molecule has 0 aliphatic heterocycles. The summed E-state index contributed by atoms with van der Waals surface area (Å²) in [6.07, 6.45) is 1.59. The van der Waals surface area contributed by atoms with Crippen molar-refractivity contribution in [3.63, 3.8) is 0 Å². The number of aryl methyl sites for hydroxylation is 1. The summed E-state index contributed by atoms with van der Waals surface area (Å²) >= 11 is 3.30. The number of rotatable bonds is 4. The Morgan fingerprint density at radius 1 is 1.15 bits per heavy atom. The van der Waals surface area contributed by atoms with Crippen LogP contribution in [0.2, 0.25) is 0 Å². The molecule has 0 aliphatic carbocycles. The molecule has 0 spiro atoms. The number of benzene rings is 2. The van der Waals surface area contributed by atoms with Crippen LogP contribution in [0.1, 0.15) is 30.5 Å². The summed E-state index contributed by atoms with van der Waals surface area (Å²) in [7, 11) is 0. The van der Waals surface area contributed by atoms with Crippen LogP contribution in [0.15, 0.2) is 46.9 Å². The molecule has 0 radical (unpaired) electrons. The maximum atomic E-state index is 13.6. The summed E-state index contributed by atoms with van der Waals surface area (Å²) in [5.41, 5.74) is 9.15. The van der Waals surface area contributed by atoms with Crippen LogP contribution < -0.4 is 5.73 Å². The Hall–Kier alpha value is -1.19. The van der Waals surface area contributed by atoms with E-state index in [1.807, 2.05) is 13.0 Å². The van der Waals surface area contributed by atoms with Crippen LogP contribution in [-0.4, -0.2) is 0 Å². The monoisotopic (exact) mass is 335 g/mol. The van der Waals surface area contributed by atoms with Crippen molar-refractivity contribution in [1.29, 1.82) is 0 Å². The summed E-state index contributed by atoms with van der Waals surface area (Å²) < 4.78 is 14.1. The zero-order valence-corrected chi connectivity index (χ0v) is 13.4. The van der Waals surface area contributed by atoms with E-state index in [1.165, 1.54) is 11.6 Å². The second-order valence-electron chi connectivity index (χ2n) is 5.36. The first-order valence-electron chi connectivity index (χ1n) is 6.75. The van der Waals surface area contributed by atoms with Gasteiger partial charge >= 0.3 is 0 Å². The molecule has 0 saturated heterocycles. The van der Waals surface area contributed by atoms with E-state index in [-0.39, 0.29) is 5.82 Å². The molecule has 2 N–H and O–H groups in total. The largest absolute Gasteiger partial charge is 0.321 e. The number of halogens is 2. The summed E-state index contributed by atoms with van der Waals surface area (Å²) in [5.74, 6) is -0.250. The van der Waals surface area contributed by atoms with Crippen molar-refractivity contribution < 1.29 is 4.39 Å². The summed E-state index contributed by atoms with van der Waals surface area (Å²) in [6, 6.07) is 13.4. The van der Waals surface area contributed by atoms with Crippen molar-refractivity contribution in [3.8, 4) is 0 Å². The van der Waals surface area contributed by atoms with Gasteiger partial charge in [-0.1, -0.05) is 43.3 Å². The quantitative estimate of drug-likeness (QED) is 0.870. The van der Waals surface area contributed by atoms with Crippen molar-refractivity contribution in [2.45, 2.75) is 32.2 Å². The van der Waals surface area contributed by atoms with Crippen molar-refractivity contribution in [2.75, 3.05) is 0 Å². The molecule has 3 heteroatoms. The molecule has 0 heterocycles. The van der Waals surface area contributed by atoms with E-state index < -0.39 is 5.54 Å². The van der Waals surface area contributed by atoms with Crippen LogP contribution in [0.5, 0.6) is 0 Å². The van der Waals surface area contributed by atoms with E-state index in [9.17, 15) is 4.39 Å². The fourth-order valence-corrected chi connectivity index (χ4v) is 2.71. The molecule has 2 aromatic carbocycles. The van der Waals surface area contributed by atoms with Gasteiger partial charge in [-0.05, 0) is 58.5 Å². The molecule has 2 rings (SSSR count). The fourth-order valence-electron chi connectivity index (χ4n) is 2.30. The fraction of sp³-hybridized carbons (Fsp3) is 0.294. The number of hydrogen-bond acceptors (Lipinski definition) is 1. The Labute approximate surface area is 128 Å². The lowest BCUT2D eigenvalue weighted by Crippen LogP contribution is -2.35. The molecule has 0 saturated carbocycles. The van der Waals surface area contributed by atoms with E-state index in [0.717, 1.165) is 17.5 Å². The van der Waals surface area contributed by atoms with E-state index in [0.29, 0.717) is 10.9 Å². The van der Waals surface area contributed by atoms with Crippen LogP contribution in [0, 0.1) is 5.82 Å². The smallest absolute Gasteiger partial charge is 0.137 e. The normalized spacial score (nSPS) is 14.1. The van der Waals surface area contributed by atoms with Crippen LogP contribution in [-0.2, 0) is 18.4 Å². The molecule has 0 bridgehead atoms. The Morgan fingerprint density at radius 2 is 1.80 bits per heavy atom. The van der Waals surface area contributed by atoms with E-state index in [4.69, 9.17) is 5.73 Å². The Balaban J connectivity index is 2.27. The van der Waals surface area contributed by atoms with Crippen molar-refractivity contribution >= 4 is 15.9 Å². The zero-order chi connectivity index (χ0) is 14.8. The minimum atomic E-state index is -0.525. The maximum absolute atomic E-state index is 13.6. The van der Waals surface area contributed by atoms with Crippen molar-refractivity contribution in [1.82, 2.24) is 0 Å². The Kier molecular flexibility index (Phi) is 4.61. The minimum Gasteiger partial charge on any atom is -0.321 e. The third-order valence-electron chi connectivity index (χ3n) is 3.61. The van der Waals surface area contributed by atoms with Gasteiger partial charge in [0.2, 0.25) is 0 Å². The van der Waals surface area contributed by atoms with Gasteiger partial charge in [0.1, 0.15) is 5.82 Å². The van der Waals surface area contributed by atoms with Crippen LogP contribution in [0.25, 0.3) is 0 Å². The van der Waals surface area contributed by atoms with Gasteiger partial charge in [0, 0.05) is 5.54 Å². The second kappa shape index (κ2) is 6.06. The third kappa shape index (κ3) is 3.28. The van der Waals surface area contributed by atoms with Gasteiger partial charge in [-0.3, -0.25) is 0 Å². The topological polar surface area (TPSA) is 26.0 Å². The van der Waals surface area contributed by atoms with Gasteiger partial charge < -0.3 is 5.73 Å². The van der Waals surface area contributed by atoms with Gasteiger partial charge in [-0.15, -0.1) is 0 Å². The second-order valence-corrected chi connectivity index (χ2v) is 6.15. The lowest BCUT2D eigenvalue weighted by molar-refractivity contribution is 0.488. The highest BCUT2D eigenvalue weighted by Crippen LogP contribution is 2.28. The SMILES string of the molecule is CCc1ccc(C(C)(N)Cc2cccc(F)c2Br)cc1. The highest BCUT2D eigenvalue weighted by atomic mass is 79.9. The molecule has 0 aromatic heterocycles. The summed E-state index contributed by atoms with van der Waals surface area (Å²) in [5, 5.41) is 0. The first-order valence-corrected chi connectivity index (χ1v) is 7.54. The van der Waals surface area contributed by atoms with Crippen LogP contribution in [0.4, 0.5) is 4.39 Å². The van der Waals surface area contributed by atoms with E-state index in [1.54, 1.807) is 6.07 Å². The Morgan fingerprint density at radius 3 is 2.40 bits per heavy atom. The predicted molar refractivity (Wildman–Crippen MR) is 85.2 cm³/mol. The molecule has 0 aliphatic rings. The zero-order valence-electron chi connectivity index (χ0n) is 11.8. The van der Waals surface area contributed by atoms with Gasteiger partial charge in [-0.2, -0.15) is 0 Å². The minimum absolute atomic E-state index is 0.250. The van der Waals surface area contributed by atoms with Crippen molar-refractivity contribution in [2.24, 2.45) is 5.73 Å². The molecule has 0 fully saturated rings. The maximum Gasteiger partial charge on any atom is 0.137 e. The molecule has 1 atom stereocenters. The highest BCUT2D eigenvalue weighted by Gasteiger charge is 2.23. The van der Waals surface area contributed by atoms with Gasteiger partial charge in [0.25, 0.3) is 0 Å². The lowest BCUT2D eigenvalue weighted by atomic mass is 9.86. The first kappa shape index (κ1) is 15.2. The molecule has 1 nitrogen and oxygen atoms in total. The third-order valence-corrected chi connectivity index (χ3v) is 4.50. The molecule has 1 unspecified atom stereocenters. The lowest BCUT2D eigenvalue weighted by Gasteiger charge is -2.26. The van der Waals surface area contributed by atoms with Gasteiger partial charge in [0.05, 0.1) is 4.47 Å². The van der Waals surface area contributed by atoms with Gasteiger partial charge in [-0.25, -0.2) is 4.39 Å². The number of nitrogens with two attached hydrogens (primary N) is 1. The summed E-state index contributed by atoms with van der Waals surface area (Å²) in [6.45, 7) is 4.10. The average molecular weight is 336 g/mol. The van der Waals surface area contributed by atoms with Crippen molar-refractivity contribution in [3.05, 3.63) is 69.4 Å². The molecule has 20 heavy (non-hydrogen) atoms. The molecule has 0 amide bonds. The highest BCUT2D eigenvalue weighted by molar-refractivity contribution is 9.10. The van der Waals surface area contributed by atoms with E-state index >= 15 is 0 Å². The van der Waals surface area contributed by atoms with E-state index in [2.05, 4.69) is 47.1 Å². The number of hydrogen-bond donors (Lipinski definition) is 1. The van der Waals surface area contributed by atoms with Crippen LogP contribution in [0.3, 0.4) is 0 Å². The average Bonchev–Trinajstić information content (AvgIpc) is 2.44. The molecule has 106 valence electrons. The predicted octanol–water partition coefficient (Wildman–Crippen LogP) is 4.57. The van der Waals surface area contributed by atoms with Gasteiger partial charge in [0.15, 0.2) is 0 Å². The molecular formula is C17H19BrFN. The standard InChI is InChI=1S/C17H19BrFN/c1-3-12-7-9-14(10-8-12)17(2,20)11-13-5-4-6-15(19)16(13)18/h4-10H,3,11,20H2,1-2H3. The van der Waals surface area contributed by atoms with Crippen LogP contribution >= 0.6 is 15.9 Å². The Bertz CT molecular complexity index is 590. The molecule has 2 aromatic rings. The first-order chi connectivity index (χ1) is 9.44. The summed E-state index contributed by atoms with van der Waals surface area (Å²) in [4.78, 5) is 0.